The van der Waals surface area contributed by atoms with Crippen LogP contribution in [0.4, 0.5) is 11.4 Å². The van der Waals surface area contributed by atoms with Crippen molar-refractivity contribution in [2.45, 2.75) is 0 Å². The number of rotatable bonds is 5. The minimum absolute atomic E-state index is 0.115. The van der Waals surface area contributed by atoms with Gasteiger partial charge in [-0.05, 0) is 45.5 Å². The van der Waals surface area contributed by atoms with Gasteiger partial charge in [0.05, 0.1) is 6.54 Å². The van der Waals surface area contributed by atoms with Crippen molar-refractivity contribution in [2.24, 2.45) is 7.05 Å². The van der Waals surface area contributed by atoms with E-state index in [0.717, 1.165) is 27.7 Å². The lowest BCUT2D eigenvalue weighted by molar-refractivity contribution is -0.114. The summed E-state index contributed by atoms with van der Waals surface area (Å²) in [7, 11) is 1.78. The van der Waals surface area contributed by atoms with Crippen LogP contribution in [-0.2, 0) is 11.8 Å². The van der Waals surface area contributed by atoms with Crippen molar-refractivity contribution >= 4 is 28.1 Å². The summed E-state index contributed by atoms with van der Waals surface area (Å²) in [5.74, 6) is 0.551. The lowest BCUT2D eigenvalue weighted by atomic mass is 10.1. The van der Waals surface area contributed by atoms with Gasteiger partial charge in [-0.2, -0.15) is 0 Å². The van der Waals surface area contributed by atoms with Gasteiger partial charge in [0.1, 0.15) is 0 Å². The number of anilines is 2. The fourth-order valence-electron chi connectivity index (χ4n) is 2.90. The van der Waals surface area contributed by atoms with E-state index in [1.54, 1.807) is 11.7 Å². The zero-order valence-corrected chi connectivity index (χ0v) is 14.8. The fourth-order valence-corrected chi connectivity index (χ4v) is 2.90. The predicted octanol–water partition coefficient (Wildman–Crippen LogP) is 3.08. The molecule has 134 valence electrons. The molecular formula is C20H18N6O. The third kappa shape index (κ3) is 3.77. The van der Waals surface area contributed by atoms with Crippen molar-refractivity contribution in [1.29, 1.82) is 0 Å². The molecule has 0 aliphatic rings. The summed E-state index contributed by atoms with van der Waals surface area (Å²) < 4.78 is 1.60. The maximum absolute atomic E-state index is 12.3. The number of nitrogens with zero attached hydrogens (tertiary/aromatic N) is 4. The van der Waals surface area contributed by atoms with Crippen molar-refractivity contribution < 1.29 is 4.79 Å². The molecule has 0 saturated heterocycles. The minimum atomic E-state index is -0.115. The number of amides is 1. The molecule has 1 aromatic heterocycles. The van der Waals surface area contributed by atoms with Crippen LogP contribution < -0.4 is 10.6 Å². The molecule has 0 saturated carbocycles. The summed E-state index contributed by atoms with van der Waals surface area (Å²) in [5, 5.41) is 19.8. The van der Waals surface area contributed by atoms with E-state index in [2.05, 4.69) is 26.2 Å². The Kier molecular flexibility index (Phi) is 4.49. The molecule has 0 bridgehead atoms. The third-order valence-corrected chi connectivity index (χ3v) is 4.23. The van der Waals surface area contributed by atoms with Crippen LogP contribution in [0.15, 0.2) is 66.7 Å². The quantitative estimate of drug-likeness (QED) is 0.573. The second-order valence-corrected chi connectivity index (χ2v) is 6.17. The first kappa shape index (κ1) is 16.7. The number of fused-ring (bicyclic) bond motifs is 1. The van der Waals surface area contributed by atoms with E-state index in [4.69, 9.17) is 0 Å². The zero-order chi connectivity index (χ0) is 18.6. The van der Waals surface area contributed by atoms with E-state index < -0.39 is 0 Å². The van der Waals surface area contributed by atoms with Crippen molar-refractivity contribution in [2.75, 3.05) is 17.2 Å². The standard InChI is InChI=1S/C20H18N6O/c1-26-20(23-24-25-26)16-7-4-8-17(12-16)21-13-19(27)22-18-10-9-14-5-2-3-6-15(14)11-18/h2-12,21H,13H2,1H3,(H,22,27). The molecule has 0 aliphatic heterocycles. The number of benzene rings is 3. The molecule has 0 spiro atoms. The Bertz CT molecular complexity index is 1100. The number of hydrogen-bond acceptors (Lipinski definition) is 5. The first-order valence-corrected chi connectivity index (χ1v) is 8.54. The highest BCUT2D eigenvalue weighted by atomic mass is 16.1. The summed E-state index contributed by atoms with van der Waals surface area (Å²) in [6, 6.07) is 21.5. The highest BCUT2D eigenvalue weighted by Crippen LogP contribution is 2.20. The van der Waals surface area contributed by atoms with Crippen LogP contribution in [0.5, 0.6) is 0 Å². The maximum atomic E-state index is 12.3. The number of aromatic nitrogens is 4. The van der Waals surface area contributed by atoms with E-state index >= 15 is 0 Å². The molecule has 0 unspecified atom stereocenters. The Morgan fingerprint density at radius 2 is 1.81 bits per heavy atom. The van der Waals surface area contributed by atoms with E-state index in [9.17, 15) is 4.79 Å². The van der Waals surface area contributed by atoms with Crippen molar-refractivity contribution in [1.82, 2.24) is 20.2 Å². The first-order chi connectivity index (χ1) is 13.2. The van der Waals surface area contributed by atoms with Gasteiger partial charge in [0, 0.05) is 24.0 Å². The van der Waals surface area contributed by atoms with E-state index in [-0.39, 0.29) is 12.5 Å². The molecule has 7 heteroatoms. The lowest BCUT2D eigenvalue weighted by Gasteiger charge is -2.09. The van der Waals surface area contributed by atoms with Crippen LogP contribution >= 0.6 is 0 Å². The topological polar surface area (TPSA) is 84.7 Å². The van der Waals surface area contributed by atoms with Crippen molar-refractivity contribution in [3.8, 4) is 11.4 Å². The molecule has 0 atom stereocenters. The maximum Gasteiger partial charge on any atom is 0.243 e. The fraction of sp³-hybridized carbons (Fsp3) is 0.100. The second kappa shape index (κ2) is 7.25. The molecular weight excluding hydrogens is 340 g/mol. The van der Waals surface area contributed by atoms with Gasteiger partial charge in [0.25, 0.3) is 0 Å². The number of nitrogens with one attached hydrogen (secondary N) is 2. The van der Waals surface area contributed by atoms with Crippen LogP contribution in [0.1, 0.15) is 0 Å². The lowest BCUT2D eigenvalue weighted by Crippen LogP contribution is -2.21. The number of tetrazole rings is 1. The molecule has 1 heterocycles. The van der Waals surface area contributed by atoms with Gasteiger partial charge in [-0.3, -0.25) is 4.79 Å². The third-order valence-electron chi connectivity index (χ3n) is 4.23. The van der Waals surface area contributed by atoms with E-state index in [0.29, 0.717) is 5.82 Å². The molecule has 0 radical (unpaired) electrons. The molecule has 1 amide bonds. The van der Waals surface area contributed by atoms with Crippen LogP contribution in [0.3, 0.4) is 0 Å². The summed E-state index contributed by atoms with van der Waals surface area (Å²) in [5.41, 5.74) is 2.48. The number of hydrogen-bond donors (Lipinski definition) is 2. The van der Waals surface area contributed by atoms with Gasteiger partial charge in [0.2, 0.25) is 5.91 Å². The van der Waals surface area contributed by atoms with Crippen molar-refractivity contribution in [3.05, 3.63) is 66.7 Å². The Morgan fingerprint density at radius 1 is 0.963 bits per heavy atom. The molecule has 2 N–H and O–H groups in total. The summed E-state index contributed by atoms with van der Waals surface area (Å²) in [6.45, 7) is 0.160. The minimum Gasteiger partial charge on any atom is -0.376 e. The smallest absolute Gasteiger partial charge is 0.243 e. The SMILES string of the molecule is Cn1nnnc1-c1cccc(NCC(=O)Nc2ccc3ccccc3c2)c1. The Labute approximate surface area is 156 Å². The molecule has 4 rings (SSSR count). The largest absolute Gasteiger partial charge is 0.376 e. The highest BCUT2D eigenvalue weighted by molar-refractivity contribution is 5.96. The van der Waals surface area contributed by atoms with Gasteiger partial charge in [-0.15, -0.1) is 5.10 Å². The number of carbonyl (C=O) groups is 1. The molecule has 27 heavy (non-hydrogen) atoms. The van der Waals surface area contributed by atoms with Crippen LogP contribution in [0.2, 0.25) is 0 Å². The van der Waals surface area contributed by atoms with Gasteiger partial charge >= 0.3 is 0 Å². The van der Waals surface area contributed by atoms with Crippen LogP contribution in [-0.4, -0.2) is 32.7 Å². The average molecular weight is 358 g/mol. The van der Waals surface area contributed by atoms with Crippen LogP contribution in [0.25, 0.3) is 22.2 Å². The van der Waals surface area contributed by atoms with Crippen molar-refractivity contribution in [3.63, 3.8) is 0 Å². The zero-order valence-electron chi connectivity index (χ0n) is 14.8. The molecule has 0 aliphatic carbocycles. The Balaban J connectivity index is 1.41. The normalized spacial score (nSPS) is 10.7. The van der Waals surface area contributed by atoms with Gasteiger partial charge in [-0.1, -0.05) is 42.5 Å². The Hall–Kier alpha value is -3.74. The highest BCUT2D eigenvalue weighted by Gasteiger charge is 2.07. The van der Waals surface area contributed by atoms with Gasteiger partial charge in [0.15, 0.2) is 5.82 Å². The Morgan fingerprint density at radius 3 is 2.63 bits per heavy atom. The van der Waals surface area contributed by atoms with Crippen LogP contribution in [0, 0.1) is 0 Å². The van der Waals surface area contributed by atoms with E-state index in [1.165, 1.54) is 0 Å². The summed E-state index contributed by atoms with van der Waals surface area (Å²) in [6.07, 6.45) is 0. The van der Waals surface area contributed by atoms with E-state index in [1.807, 2.05) is 66.7 Å². The summed E-state index contributed by atoms with van der Waals surface area (Å²) >= 11 is 0. The van der Waals surface area contributed by atoms with Gasteiger partial charge < -0.3 is 10.6 Å². The molecule has 0 fully saturated rings. The molecule has 7 nitrogen and oxygen atoms in total. The first-order valence-electron chi connectivity index (χ1n) is 8.54. The number of aryl methyl sites for hydroxylation is 1. The molecule has 3 aromatic carbocycles. The summed E-state index contributed by atoms with van der Waals surface area (Å²) in [4.78, 5) is 12.3. The van der Waals surface area contributed by atoms with Gasteiger partial charge in [-0.25, -0.2) is 4.68 Å². The monoisotopic (exact) mass is 358 g/mol. The average Bonchev–Trinajstić information content (AvgIpc) is 3.12. The predicted molar refractivity (Wildman–Crippen MR) is 105 cm³/mol. The second-order valence-electron chi connectivity index (χ2n) is 6.17. The molecule has 4 aromatic rings. The number of carbonyl (C=O) groups excluding carboxylic acids is 1.